The van der Waals surface area contributed by atoms with Crippen LogP contribution < -0.4 is 4.84 Å². The van der Waals surface area contributed by atoms with Crippen LogP contribution in [0.15, 0.2) is 102 Å². The molecule has 0 bridgehead atoms. The molecule has 1 N–H and O–H groups in total. The van der Waals surface area contributed by atoms with Crippen molar-refractivity contribution in [1.29, 1.82) is 0 Å². The second-order valence-corrected chi connectivity index (χ2v) is 9.35. The third kappa shape index (κ3) is 13.2. The molecule has 4 aromatic rings. The Kier molecular flexibility index (Phi) is 15.3. The van der Waals surface area contributed by atoms with Crippen LogP contribution in [0.25, 0.3) is 0 Å². The molecular formula is C30H27ClN6O9. The average Bonchev–Trinajstić information content (AvgIpc) is 3.07. The summed E-state index contributed by atoms with van der Waals surface area (Å²) in [5.74, 6) is 0. The van der Waals surface area contributed by atoms with Crippen LogP contribution in [0.1, 0.15) is 27.0 Å². The van der Waals surface area contributed by atoms with Crippen molar-refractivity contribution in [2.45, 2.75) is 12.8 Å². The Morgan fingerprint density at radius 3 is 1.26 bits per heavy atom. The smallest absolute Gasteiger partial charge is 0.269 e. The number of nitro groups is 4. The maximum Gasteiger partial charge on any atom is 0.269 e. The molecule has 0 amide bonds. The Labute approximate surface area is 266 Å². The van der Waals surface area contributed by atoms with E-state index < -0.39 is 19.7 Å². The van der Waals surface area contributed by atoms with Gasteiger partial charge in [0, 0.05) is 73.4 Å². The summed E-state index contributed by atoms with van der Waals surface area (Å²) in [6.07, 6.45) is 3.72. The number of hydrogen-bond donors (Lipinski definition) is 1. The average molecular weight is 651 g/mol. The van der Waals surface area contributed by atoms with E-state index in [0.29, 0.717) is 31.4 Å². The molecule has 0 aliphatic heterocycles. The maximum absolute atomic E-state index is 10.5. The molecule has 0 saturated carbocycles. The van der Waals surface area contributed by atoms with Gasteiger partial charge in [-0.3, -0.25) is 50.2 Å². The lowest BCUT2D eigenvalue weighted by Gasteiger charge is -1.98. The largest absolute Gasteiger partial charge is 0.298 e. The second-order valence-electron chi connectivity index (χ2n) is 9.08. The molecule has 0 radical (unpaired) electrons. The van der Waals surface area contributed by atoms with Gasteiger partial charge in [0.1, 0.15) is 6.29 Å². The third-order valence-corrected chi connectivity index (χ3v) is 6.11. The highest BCUT2D eigenvalue weighted by molar-refractivity contribution is 6.13. The fourth-order valence-corrected chi connectivity index (χ4v) is 3.58. The van der Waals surface area contributed by atoms with Crippen LogP contribution in [0.3, 0.4) is 0 Å². The lowest BCUT2D eigenvalue weighted by Crippen LogP contribution is -2.04. The van der Waals surface area contributed by atoms with E-state index in [1.54, 1.807) is 42.6 Å². The molecule has 0 unspecified atom stereocenters. The lowest BCUT2D eigenvalue weighted by molar-refractivity contribution is -0.385. The first-order chi connectivity index (χ1) is 22.0. The van der Waals surface area contributed by atoms with Crippen molar-refractivity contribution in [1.82, 2.24) is 4.84 Å². The number of nitrogens with zero attached hydrogens (tertiary/aromatic N) is 5. The fraction of sp³-hybridized carbons (Fsp3) is 0.133. The van der Waals surface area contributed by atoms with Gasteiger partial charge in [0.05, 0.1) is 19.7 Å². The molecule has 46 heavy (non-hydrogen) atoms. The summed E-state index contributed by atoms with van der Waals surface area (Å²) in [6, 6.07) is 24.3. The first kappa shape index (κ1) is 36.3. The molecule has 16 heteroatoms. The minimum Gasteiger partial charge on any atom is -0.298 e. The van der Waals surface area contributed by atoms with Gasteiger partial charge in [-0.25, -0.2) is 4.84 Å². The van der Waals surface area contributed by atoms with Crippen molar-refractivity contribution in [3.05, 3.63) is 160 Å². The number of benzene rings is 4. The Bertz CT molecular complexity index is 1630. The molecule has 4 rings (SSSR count). The molecule has 0 aromatic heterocycles. The van der Waals surface area contributed by atoms with E-state index in [0.717, 1.165) is 23.1 Å². The molecule has 0 saturated heterocycles. The quantitative estimate of drug-likeness (QED) is 0.0581. The van der Waals surface area contributed by atoms with Gasteiger partial charge in [-0.15, -0.1) is 0 Å². The summed E-state index contributed by atoms with van der Waals surface area (Å²) in [5.41, 5.74) is 3.44. The van der Waals surface area contributed by atoms with Gasteiger partial charge in [0.25, 0.3) is 22.7 Å². The number of carbonyl (C=O) groups excluding carboxylic acids is 1. The highest BCUT2D eigenvalue weighted by Gasteiger charge is 2.05. The van der Waals surface area contributed by atoms with Gasteiger partial charge in [-0.05, 0) is 65.6 Å². The predicted molar refractivity (Wildman–Crippen MR) is 171 cm³/mol. The molecule has 0 atom stereocenters. The monoisotopic (exact) mass is 650 g/mol. The van der Waals surface area contributed by atoms with Crippen molar-refractivity contribution >= 4 is 47.0 Å². The molecule has 238 valence electrons. The molecule has 0 spiro atoms. The van der Waals surface area contributed by atoms with E-state index >= 15 is 0 Å². The minimum atomic E-state index is -0.505. The first-order valence-corrected chi connectivity index (χ1v) is 13.7. The summed E-state index contributed by atoms with van der Waals surface area (Å²) < 4.78 is 0. The number of carbonyl (C=O) groups is 1. The van der Waals surface area contributed by atoms with E-state index in [-0.39, 0.29) is 22.7 Å². The first-order valence-electron chi connectivity index (χ1n) is 13.3. The number of aldehydes is 1. The maximum atomic E-state index is 10.5. The predicted octanol–water partition coefficient (Wildman–Crippen LogP) is 6.45. The topological polar surface area (TPSA) is 214 Å². The van der Waals surface area contributed by atoms with Crippen LogP contribution in [0.4, 0.5) is 22.7 Å². The normalized spacial score (nSPS) is 10.1. The number of nitro benzene ring substituents is 4. The summed E-state index contributed by atoms with van der Waals surface area (Å²) in [4.78, 5) is 56.5. The summed E-state index contributed by atoms with van der Waals surface area (Å²) in [6.45, 7) is 1.19. The summed E-state index contributed by atoms with van der Waals surface area (Å²) in [7, 11) is 0. The van der Waals surface area contributed by atoms with Crippen LogP contribution in [-0.4, -0.2) is 45.3 Å². The number of non-ortho nitro benzene ring substituents is 4. The fourth-order valence-electron chi connectivity index (χ4n) is 3.48. The van der Waals surface area contributed by atoms with E-state index in [4.69, 9.17) is 11.8 Å². The number of nitrogens with one attached hydrogen (secondary N) is 1. The van der Waals surface area contributed by atoms with Gasteiger partial charge in [0.15, 0.2) is 0 Å². The van der Waals surface area contributed by atoms with Crippen molar-refractivity contribution in [2.75, 3.05) is 13.1 Å². The number of aliphatic imine (C=N–C) groups is 1. The van der Waals surface area contributed by atoms with E-state index in [1.165, 1.54) is 60.7 Å². The van der Waals surface area contributed by atoms with Crippen LogP contribution >= 0.6 is 11.8 Å². The lowest BCUT2D eigenvalue weighted by atomic mass is 10.1. The minimum absolute atomic E-state index is 0.00407. The van der Waals surface area contributed by atoms with Crippen molar-refractivity contribution < 1.29 is 24.5 Å². The Balaban J connectivity index is 0.000000261. The molecule has 0 aliphatic rings. The zero-order valence-corrected chi connectivity index (χ0v) is 24.8. The molecule has 4 aromatic carbocycles. The Morgan fingerprint density at radius 1 is 0.565 bits per heavy atom. The molecule has 0 fully saturated rings. The van der Waals surface area contributed by atoms with Crippen LogP contribution in [-0.2, 0) is 12.8 Å². The number of halogens is 1. The Morgan fingerprint density at radius 2 is 0.913 bits per heavy atom. The van der Waals surface area contributed by atoms with Gasteiger partial charge < -0.3 is 0 Å². The molecular weight excluding hydrogens is 624 g/mol. The standard InChI is InChI=1S/C15H13N3O4.C8H9ClN2O2.C7H5NO3/c19-17(20)14-5-1-12(2-6-14)9-10-16-11-13-3-7-15(8-4-13)18(21)22;9-10-6-5-7-1-3-8(4-2-7)11(12)13;9-5-6-1-3-7(4-2-6)8(10)11/h1-8,11H,9-10H2;1-4,10H,5-6H2;1-5H. The summed E-state index contributed by atoms with van der Waals surface area (Å²) in [5, 5.41) is 41.5. The molecule has 0 heterocycles. The summed E-state index contributed by atoms with van der Waals surface area (Å²) >= 11 is 5.27. The highest BCUT2D eigenvalue weighted by atomic mass is 35.5. The van der Waals surface area contributed by atoms with Crippen LogP contribution in [0, 0.1) is 40.5 Å². The van der Waals surface area contributed by atoms with E-state index in [1.807, 2.05) is 0 Å². The van der Waals surface area contributed by atoms with Crippen molar-refractivity contribution in [2.24, 2.45) is 4.99 Å². The zero-order chi connectivity index (χ0) is 33.9. The number of rotatable bonds is 12. The third-order valence-electron chi connectivity index (χ3n) is 5.92. The van der Waals surface area contributed by atoms with Gasteiger partial charge in [0.2, 0.25) is 0 Å². The van der Waals surface area contributed by atoms with Crippen molar-refractivity contribution in [3.8, 4) is 0 Å². The van der Waals surface area contributed by atoms with Gasteiger partial charge in [-0.1, -0.05) is 24.3 Å². The number of hydrogen-bond acceptors (Lipinski definition) is 11. The SMILES string of the molecule is O=Cc1ccc([N+](=O)[O-])cc1.O=[N+]([O-])c1ccc(C=NCCc2ccc([N+](=O)[O-])cc2)cc1.O=[N+]([O-])c1ccc(CCNCl)cc1. The highest BCUT2D eigenvalue weighted by Crippen LogP contribution is 2.14. The van der Waals surface area contributed by atoms with Crippen LogP contribution in [0.2, 0.25) is 0 Å². The van der Waals surface area contributed by atoms with E-state index in [2.05, 4.69) is 9.83 Å². The van der Waals surface area contributed by atoms with Gasteiger partial charge >= 0.3 is 0 Å². The van der Waals surface area contributed by atoms with Crippen molar-refractivity contribution in [3.63, 3.8) is 0 Å². The van der Waals surface area contributed by atoms with E-state index in [9.17, 15) is 45.3 Å². The zero-order valence-electron chi connectivity index (χ0n) is 24.0. The molecule has 0 aliphatic carbocycles. The Hall–Kier alpha value is -5.93. The van der Waals surface area contributed by atoms with Gasteiger partial charge in [-0.2, -0.15) is 0 Å². The molecule has 15 nitrogen and oxygen atoms in total. The van der Waals surface area contributed by atoms with Crippen LogP contribution in [0.5, 0.6) is 0 Å². The second kappa shape index (κ2) is 19.4.